The molecular formula is C14H20N2O. The highest BCUT2D eigenvalue weighted by molar-refractivity contribution is 5.28. The molecule has 1 saturated heterocycles. The van der Waals surface area contributed by atoms with Gasteiger partial charge in [-0.15, -0.1) is 0 Å². The van der Waals surface area contributed by atoms with Crippen LogP contribution in [0.25, 0.3) is 0 Å². The zero-order chi connectivity index (χ0) is 11.7. The SMILES string of the molecule is OC1(C2CCCc3cccnc32)CCNCC1. The number of rotatable bonds is 1. The number of nitrogens with one attached hydrogen (secondary N) is 1. The third-order valence-corrected chi connectivity index (χ3v) is 4.31. The molecule has 1 aliphatic heterocycles. The summed E-state index contributed by atoms with van der Waals surface area (Å²) in [7, 11) is 0. The Morgan fingerprint density at radius 1 is 1.35 bits per heavy atom. The standard InChI is InChI=1S/C14H20N2O/c17-14(6-9-15-10-7-14)12-5-1-3-11-4-2-8-16-13(11)12/h2,4,8,12,15,17H,1,3,5-7,9-10H2. The Morgan fingerprint density at radius 2 is 2.18 bits per heavy atom. The Labute approximate surface area is 102 Å². The first-order valence-electron chi connectivity index (χ1n) is 6.66. The fourth-order valence-corrected chi connectivity index (χ4v) is 3.34. The summed E-state index contributed by atoms with van der Waals surface area (Å²) in [6.45, 7) is 1.85. The van der Waals surface area contributed by atoms with Gasteiger partial charge in [0.15, 0.2) is 0 Å². The van der Waals surface area contributed by atoms with Crippen LogP contribution in [0.15, 0.2) is 18.3 Å². The lowest BCUT2D eigenvalue weighted by molar-refractivity contribution is -0.0217. The predicted octanol–water partition coefficient (Wildman–Crippen LogP) is 1.62. The summed E-state index contributed by atoms with van der Waals surface area (Å²) in [4.78, 5) is 4.54. The minimum atomic E-state index is -0.533. The highest BCUT2D eigenvalue weighted by Gasteiger charge is 2.41. The quantitative estimate of drug-likeness (QED) is 0.773. The van der Waals surface area contributed by atoms with Gasteiger partial charge < -0.3 is 10.4 Å². The molecule has 2 N–H and O–H groups in total. The van der Waals surface area contributed by atoms with E-state index < -0.39 is 5.60 Å². The maximum atomic E-state index is 10.9. The fourth-order valence-electron chi connectivity index (χ4n) is 3.34. The summed E-state index contributed by atoms with van der Waals surface area (Å²) in [5, 5.41) is 14.2. The molecule has 0 aromatic carbocycles. The molecule has 0 amide bonds. The minimum Gasteiger partial charge on any atom is -0.389 e. The molecule has 1 aliphatic carbocycles. The molecule has 3 rings (SSSR count). The average molecular weight is 232 g/mol. The van der Waals surface area contributed by atoms with E-state index in [2.05, 4.69) is 16.4 Å². The average Bonchev–Trinajstić information content (AvgIpc) is 2.39. The molecule has 1 fully saturated rings. The van der Waals surface area contributed by atoms with Gasteiger partial charge in [0.25, 0.3) is 0 Å². The molecular weight excluding hydrogens is 212 g/mol. The van der Waals surface area contributed by atoms with Gasteiger partial charge in [0.1, 0.15) is 0 Å². The van der Waals surface area contributed by atoms with E-state index in [0.717, 1.165) is 44.5 Å². The van der Waals surface area contributed by atoms with E-state index in [9.17, 15) is 5.11 Å². The van der Waals surface area contributed by atoms with Gasteiger partial charge in [0.2, 0.25) is 0 Å². The van der Waals surface area contributed by atoms with Crippen molar-refractivity contribution in [2.24, 2.45) is 0 Å². The van der Waals surface area contributed by atoms with Gasteiger partial charge >= 0.3 is 0 Å². The molecule has 2 heterocycles. The van der Waals surface area contributed by atoms with Crippen LogP contribution in [-0.2, 0) is 6.42 Å². The molecule has 0 saturated carbocycles. The van der Waals surface area contributed by atoms with E-state index in [1.807, 2.05) is 12.3 Å². The van der Waals surface area contributed by atoms with E-state index in [1.165, 1.54) is 12.0 Å². The van der Waals surface area contributed by atoms with Crippen molar-refractivity contribution in [2.75, 3.05) is 13.1 Å². The highest BCUT2D eigenvalue weighted by Crippen LogP contribution is 2.41. The Morgan fingerprint density at radius 3 is 3.00 bits per heavy atom. The van der Waals surface area contributed by atoms with Crippen LogP contribution in [-0.4, -0.2) is 28.8 Å². The molecule has 0 spiro atoms. The van der Waals surface area contributed by atoms with Gasteiger partial charge in [-0.1, -0.05) is 6.07 Å². The van der Waals surface area contributed by atoms with E-state index >= 15 is 0 Å². The van der Waals surface area contributed by atoms with Crippen molar-refractivity contribution in [2.45, 2.75) is 43.6 Å². The van der Waals surface area contributed by atoms with E-state index in [-0.39, 0.29) is 5.92 Å². The Bertz CT molecular complexity index is 399. The lowest BCUT2D eigenvalue weighted by Gasteiger charge is -2.41. The van der Waals surface area contributed by atoms with Crippen LogP contribution < -0.4 is 5.32 Å². The summed E-state index contributed by atoms with van der Waals surface area (Å²) in [5.74, 6) is 0.245. The number of aromatic nitrogens is 1. The molecule has 1 aromatic heterocycles. The Balaban J connectivity index is 1.94. The highest BCUT2D eigenvalue weighted by atomic mass is 16.3. The van der Waals surface area contributed by atoms with Crippen LogP contribution in [0.5, 0.6) is 0 Å². The van der Waals surface area contributed by atoms with Crippen LogP contribution in [0.2, 0.25) is 0 Å². The largest absolute Gasteiger partial charge is 0.389 e. The number of nitrogens with zero attached hydrogens (tertiary/aromatic N) is 1. The first-order chi connectivity index (χ1) is 8.30. The van der Waals surface area contributed by atoms with E-state index in [4.69, 9.17) is 0 Å². The molecule has 1 atom stereocenters. The molecule has 3 nitrogen and oxygen atoms in total. The topological polar surface area (TPSA) is 45.2 Å². The second-order valence-corrected chi connectivity index (χ2v) is 5.35. The summed E-state index contributed by atoms with van der Waals surface area (Å²) in [5.41, 5.74) is 1.97. The molecule has 0 radical (unpaired) electrons. The molecule has 0 bridgehead atoms. The third-order valence-electron chi connectivity index (χ3n) is 4.31. The van der Waals surface area contributed by atoms with Crippen LogP contribution in [0.1, 0.15) is 42.9 Å². The summed E-state index contributed by atoms with van der Waals surface area (Å²) < 4.78 is 0. The number of fused-ring (bicyclic) bond motifs is 1. The Kier molecular flexibility index (Phi) is 2.89. The van der Waals surface area contributed by atoms with Crippen molar-refractivity contribution in [1.82, 2.24) is 10.3 Å². The van der Waals surface area contributed by atoms with Crippen LogP contribution >= 0.6 is 0 Å². The van der Waals surface area contributed by atoms with E-state index in [0.29, 0.717) is 0 Å². The first kappa shape index (κ1) is 11.2. The molecule has 1 unspecified atom stereocenters. The normalized spacial score (nSPS) is 27.5. The van der Waals surface area contributed by atoms with Crippen LogP contribution in [0.4, 0.5) is 0 Å². The first-order valence-corrected chi connectivity index (χ1v) is 6.66. The summed E-state index contributed by atoms with van der Waals surface area (Å²) in [6.07, 6.45) is 6.95. The second kappa shape index (κ2) is 4.39. The van der Waals surface area contributed by atoms with Crippen LogP contribution in [0.3, 0.4) is 0 Å². The molecule has 17 heavy (non-hydrogen) atoms. The molecule has 2 aliphatic rings. The van der Waals surface area contributed by atoms with Crippen molar-refractivity contribution < 1.29 is 5.11 Å². The number of hydrogen-bond donors (Lipinski definition) is 2. The van der Waals surface area contributed by atoms with Crippen molar-refractivity contribution in [3.8, 4) is 0 Å². The van der Waals surface area contributed by atoms with Crippen molar-refractivity contribution in [3.63, 3.8) is 0 Å². The smallest absolute Gasteiger partial charge is 0.0755 e. The van der Waals surface area contributed by atoms with Gasteiger partial charge in [-0.3, -0.25) is 4.98 Å². The molecule has 1 aromatic rings. The Hall–Kier alpha value is -0.930. The maximum absolute atomic E-state index is 10.9. The van der Waals surface area contributed by atoms with Crippen molar-refractivity contribution >= 4 is 0 Å². The maximum Gasteiger partial charge on any atom is 0.0755 e. The number of pyridine rings is 1. The number of aliphatic hydroxyl groups is 1. The number of hydrogen-bond acceptors (Lipinski definition) is 3. The van der Waals surface area contributed by atoms with Gasteiger partial charge in [0, 0.05) is 17.8 Å². The zero-order valence-electron chi connectivity index (χ0n) is 10.2. The molecule has 3 heteroatoms. The monoisotopic (exact) mass is 232 g/mol. The number of aryl methyl sites for hydroxylation is 1. The van der Waals surface area contributed by atoms with E-state index in [1.54, 1.807) is 0 Å². The second-order valence-electron chi connectivity index (χ2n) is 5.35. The number of piperidine rings is 1. The summed E-state index contributed by atoms with van der Waals surface area (Å²) in [6, 6.07) is 4.17. The van der Waals surface area contributed by atoms with Crippen molar-refractivity contribution in [3.05, 3.63) is 29.6 Å². The van der Waals surface area contributed by atoms with Crippen LogP contribution in [0, 0.1) is 0 Å². The van der Waals surface area contributed by atoms with Crippen molar-refractivity contribution in [1.29, 1.82) is 0 Å². The van der Waals surface area contributed by atoms with Gasteiger partial charge in [-0.2, -0.15) is 0 Å². The fraction of sp³-hybridized carbons (Fsp3) is 0.643. The van der Waals surface area contributed by atoms with Gasteiger partial charge in [-0.25, -0.2) is 0 Å². The lowest BCUT2D eigenvalue weighted by atomic mass is 9.72. The zero-order valence-corrected chi connectivity index (χ0v) is 10.2. The van der Waals surface area contributed by atoms with Gasteiger partial charge in [0.05, 0.1) is 5.60 Å². The third kappa shape index (κ3) is 1.98. The van der Waals surface area contributed by atoms with Gasteiger partial charge in [-0.05, 0) is 56.8 Å². The molecule has 92 valence electrons. The lowest BCUT2D eigenvalue weighted by Crippen LogP contribution is -2.47. The predicted molar refractivity (Wildman–Crippen MR) is 67.0 cm³/mol. The summed E-state index contributed by atoms with van der Waals surface area (Å²) >= 11 is 0. The minimum absolute atomic E-state index is 0.245.